The molecule has 0 spiro atoms. The summed E-state index contributed by atoms with van der Waals surface area (Å²) in [6.07, 6.45) is 1.74. The molecule has 1 N–H and O–H groups in total. The van der Waals surface area contributed by atoms with Crippen molar-refractivity contribution in [1.82, 2.24) is 4.98 Å². The van der Waals surface area contributed by atoms with Crippen molar-refractivity contribution in [3.8, 4) is 5.75 Å². The first-order chi connectivity index (χ1) is 9.61. The molecule has 6 heteroatoms. The third-order valence-corrected chi connectivity index (χ3v) is 4.09. The number of benzene rings is 1. The summed E-state index contributed by atoms with van der Waals surface area (Å²) in [5.74, 6) is 1.36. The predicted octanol–water partition coefficient (Wildman–Crippen LogP) is 5.16. The summed E-state index contributed by atoms with van der Waals surface area (Å²) in [5.41, 5.74) is 0.962. The maximum atomic E-state index is 6.12. The fourth-order valence-electron chi connectivity index (χ4n) is 1.65. The highest BCUT2D eigenvalue weighted by molar-refractivity contribution is 9.10. The molecule has 0 aliphatic carbocycles. The van der Waals surface area contributed by atoms with E-state index in [0.29, 0.717) is 22.4 Å². The van der Waals surface area contributed by atoms with E-state index < -0.39 is 0 Å². The molecule has 106 valence electrons. The summed E-state index contributed by atoms with van der Waals surface area (Å²) in [6.45, 7) is 3.19. The van der Waals surface area contributed by atoms with Crippen LogP contribution in [0.15, 0.2) is 34.9 Å². The molecule has 0 fully saturated rings. The van der Waals surface area contributed by atoms with Crippen LogP contribution in [0.5, 0.6) is 5.75 Å². The number of ether oxygens (including phenoxy) is 1. The Bertz CT molecular complexity index is 608. The van der Waals surface area contributed by atoms with Gasteiger partial charge in [-0.15, -0.1) is 0 Å². The van der Waals surface area contributed by atoms with Crippen LogP contribution in [0.2, 0.25) is 10.0 Å². The summed E-state index contributed by atoms with van der Waals surface area (Å²) >= 11 is 15.5. The lowest BCUT2D eigenvalue weighted by atomic mass is 10.2. The highest BCUT2D eigenvalue weighted by atomic mass is 79.9. The molecule has 2 aromatic rings. The number of halogens is 3. The van der Waals surface area contributed by atoms with Crippen molar-refractivity contribution in [3.05, 3.63) is 50.5 Å². The molecule has 3 nitrogen and oxygen atoms in total. The van der Waals surface area contributed by atoms with Gasteiger partial charge in [0.25, 0.3) is 0 Å². The predicted molar refractivity (Wildman–Crippen MR) is 86.9 cm³/mol. The lowest BCUT2D eigenvalue weighted by Gasteiger charge is -2.12. The fourth-order valence-corrected chi connectivity index (χ4v) is 2.50. The molecule has 2 rings (SSSR count). The van der Waals surface area contributed by atoms with Gasteiger partial charge in [-0.1, -0.05) is 29.3 Å². The van der Waals surface area contributed by atoms with Gasteiger partial charge in [0.2, 0.25) is 0 Å². The van der Waals surface area contributed by atoms with Crippen molar-refractivity contribution < 1.29 is 4.74 Å². The number of pyridine rings is 1. The second-order valence-corrected chi connectivity index (χ2v) is 5.70. The second kappa shape index (κ2) is 7.16. The molecule has 0 bridgehead atoms. The van der Waals surface area contributed by atoms with E-state index in [-0.39, 0.29) is 0 Å². The zero-order valence-corrected chi connectivity index (χ0v) is 13.9. The van der Waals surface area contributed by atoms with Gasteiger partial charge in [0, 0.05) is 28.8 Å². The maximum Gasteiger partial charge on any atom is 0.139 e. The SMILES string of the molecule is CCNc1ncccc1COc1cc(Cl)c(Br)cc1Cl. The highest BCUT2D eigenvalue weighted by Gasteiger charge is 2.09. The third-order valence-electron chi connectivity index (χ3n) is 2.59. The van der Waals surface area contributed by atoms with Gasteiger partial charge in [-0.05, 0) is 35.0 Å². The Morgan fingerprint density at radius 1 is 1.30 bits per heavy atom. The lowest BCUT2D eigenvalue weighted by molar-refractivity contribution is 0.306. The Morgan fingerprint density at radius 3 is 2.85 bits per heavy atom. The number of nitrogens with one attached hydrogen (secondary N) is 1. The van der Waals surface area contributed by atoms with Crippen molar-refractivity contribution in [1.29, 1.82) is 0 Å². The monoisotopic (exact) mass is 374 g/mol. The van der Waals surface area contributed by atoms with Crippen molar-refractivity contribution in [2.24, 2.45) is 0 Å². The van der Waals surface area contributed by atoms with Crippen LogP contribution in [-0.2, 0) is 6.61 Å². The smallest absolute Gasteiger partial charge is 0.139 e. The van der Waals surface area contributed by atoms with Gasteiger partial charge in [-0.3, -0.25) is 0 Å². The van der Waals surface area contributed by atoms with E-state index in [9.17, 15) is 0 Å². The normalized spacial score (nSPS) is 10.4. The number of hydrogen-bond acceptors (Lipinski definition) is 3. The maximum absolute atomic E-state index is 6.12. The molecule has 20 heavy (non-hydrogen) atoms. The molecule has 1 aromatic heterocycles. The molecule has 0 saturated heterocycles. The Hall–Kier alpha value is -0.970. The first-order valence-corrected chi connectivity index (χ1v) is 7.61. The van der Waals surface area contributed by atoms with E-state index in [1.54, 1.807) is 18.3 Å². The van der Waals surface area contributed by atoms with Crippen molar-refractivity contribution in [2.45, 2.75) is 13.5 Å². The van der Waals surface area contributed by atoms with Crippen LogP contribution in [0.4, 0.5) is 5.82 Å². The van der Waals surface area contributed by atoms with Gasteiger partial charge >= 0.3 is 0 Å². The van der Waals surface area contributed by atoms with Gasteiger partial charge in [-0.2, -0.15) is 0 Å². The number of nitrogens with zero attached hydrogens (tertiary/aromatic N) is 1. The Labute approximate surface area is 136 Å². The van der Waals surface area contributed by atoms with Crippen molar-refractivity contribution in [3.63, 3.8) is 0 Å². The molecule has 0 aliphatic heterocycles. The molecule has 0 saturated carbocycles. The van der Waals surface area contributed by atoms with Crippen LogP contribution in [0.25, 0.3) is 0 Å². The van der Waals surface area contributed by atoms with Crippen LogP contribution >= 0.6 is 39.1 Å². The quantitative estimate of drug-likeness (QED) is 0.732. The average Bonchev–Trinajstić information content (AvgIpc) is 2.43. The summed E-state index contributed by atoms with van der Waals surface area (Å²) in [7, 11) is 0. The molecule has 0 aliphatic rings. The minimum Gasteiger partial charge on any atom is -0.487 e. The van der Waals surface area contributed by atoms with Crippen LogP contribution in [0.1, 0.15) is 12.5 Å². The van der Waals surface area contributed by atoms with E-state index in [1.807, 2.05) is 19.1 Å². The fraction of sp³-hybridized carbons (Fsp3) is 0.214. The average molecular weight is 376 g/mol. The molecular formula is C14H13BrCl2N2O. The molecule has 1 heterocycles. The summed E-state index contributed by atoms with van der Waals surface area (Å²) < 4.78 is 6.47. The van der Waals surface area contributed by atoms with Gasteiger partial charge < -0.3 is 10.1 Å². The number of anilines is 1. The van der Waals surface area contributed by atoms with Crippen LogP contribution in [0.3, 0.4) is 0 Å². The van der Waals surface area contributed by atoms with Crippen LogP contribution < -0.4 is 10.1 Å². The summed E-state index contributed by atoms with van der Waals surface area (Å²) in [4.78, 5) is 4.28. The van der Waals surface area contributed by atoms with Crippen LogP contribution in [0, 0.1) is 0 Å². The molecule has 0 unspecified atom stereocenters. The number of hydrogen-bond donors (Lipinski definition) is 1. The molecule has 0 amide bonds. The standard InChI is InChI=1S/C14H13BrCl2N2O/c1-2-18-14-9(4-3-5-19-14)8-20-13-7-11(16)10(15)6-12(13)17/h3-7H,2,8H2,1H3,(H,18,19). The Morgan fingerprint density at radius 2 is 2.10 bits per heavy atom. The molecule has 1 aromatic carbocycles. The van der Waals surface area contributed by atoms with E-state index in [0.717, 1.165) is 22.4 Å². The Kier molecular flexibility index (Phi) is 5.52. The minimum absolute atomic E-state index is 0.369. The molecule has 0 radical (unpaired) electrons. The number of aromatic nitrogens is 1. The molecule has 0 atom stereocenters. The summed E-state index contributed by atoms with van der Waals surface area (Å²) in [6, 6.07) is 7.24. The number of rotatable bonds is 5. The van der Waals surface area contributed by atoms with E-state index >= 15 is 0 Å². The van der Waals surface area contributed by atoms with Gasteiger partial charge in [-0.25, -0.2) is 4.98 Å². The lowest BCUT2D eigenvalue weighted by Crippen LogP contribution is -2.05. The minimum atomic E-state index is 0.369. The second-order valence-electron chi connectivity index (χ2n) is 4.03. The van der Waals surface area contributed by atoms with E-state index in [2.05, 4.69) is 26.2 Å². The third kappa shape index (κ3) is 3.78. The topological polar surface area (TPSA) is 34.2 Å². The first-order valence-electron chi connectivity index (χ1n) is 6.07. The molecular weight excluding hydrogens is 363 g/mol. The first kappa shape index (κ1) is 15.4. The van der Waals surface area contributed by atoms with Crippen molar-refractivity contribution in [2.75, 3.05) is 11.9 Å². The Balaban J connectivity index is 2.15. The van der Waals surface area contributed by atoms with Crippen LogP contribution in [-0.4, -0.2) is 11.5 Å². The van der Waals surface area contributed by atoms with E-state index in [1.165, 1.54) is 0 Å². The zero-order chi connectivity index (χ0) is 14.5. The summed E-state index contributed by atoms with van der Waals surface area (Å²) in [5, 5.41) is 4.26. The zero-order valence-electron chi connectivity index (χ0n) is 10.8. The van der Waals surface area contributed by atoms with Gasteiger partial charge in [0.1, 0.15) is 18.2 Å². The van der Waals surface area contributed by atoms with Gasteiger partial charge in [0.15, 0.2) is 0 Å². The van der Waals surface area contributed by atoms with Gasteiger partial charge in [0.05, 0.1) is 10.0 Å². The van der Waals surface area contributed by atoms with Crippen molar-refractivity contribution >= 4 is 44.9 Å². The largest absolute Gasteiger partial charge is 0.487 e. The van der Waals surface area contributed by atoms with E-state index in [4.69, 9.17) is 27.9 Å². The highest BCUT2D eigenvalue weighted by Crippen LogP contribution is 2.34.